The molecule has 1 heterocycles. The summed E-state index contributed by atoms with van der Waals surface area (Å²) < 4.78 is 6.26. The fourth-order valence-electron chi connectivity index (χ4n) is 3.43. The predicted octanol–water partition coefficient (Wildman–Crippen LogP) is 5.23. The molecule has 0 fully saturated rings. The minimum Gasteiger partial charge on any atom is -0.485 e. The second-order valence-electron chi connectivity index (χ2n) is 5.64. The van der Waals surface area contributed by atoms with Crippen LogP contribution in [0.25, 0.3) is 0 Å². The highest BCUT2D eigenvalue weighted by Gasteiger charge is 2.35. The molecule has 0 spiro atoms. The first-order valence-electron chi connectivity index (χ1n) is 6.94. The zero-order valence-corrected chi connectivity index (χ0v) is 12.4. The Labute approximate surface area is 128 Å². The molecule has 1 aliphatic carbocycles. The van der Waals surface area contributed by atoms with Gasteiger partial charge in [-0.3, -0.25) is 0 Å². The summed E-state index contributed by atoms with van der Waals surface area (Å²) in [6.07, 6.45) is 3.42. The molecule has 2 aromatic rings. The van der Waals surface area contributed by atoms with Gasteiger partial charge in [-0.2, -0.15) is 0 Å². The van der Waals surface area contributed by atoms with E-state index in [1.807, 2.05) is 24.3 Å². The Hall–Kier alpha value is -1.18. The van der Waals surface area contributed by atoms with Crippen LogP contribution in [0.3, 0.4) is 0 Å². The molecule has 3 heteroatoms. The number of fused-ring (bicyclic) bond motifs is 4. The molecule has 0 bridgehead atoms. The fraction of sp³-hybridized carbons (Fsp3) is 0.294. The van der Waals surface area contributed by atoms with Crippen molar-refractivity contribution < 1.29 is 4.74 Å². The van der Waals surface area contributed by atoms with E-state index in [0.29, 0.717) is 5.92 Å². The first kappa shape index (κ1) is 12.6. The van der Waals surface area contributed by atoms with Gasteiger partial charge in [0.05, 0.1) is 0 Å². The van der Waals surface area contributed by atoms with Gasteiger partial charge in [0, 0.05) is 16.0 Å². The number of rotatable bonds is 0. The Morgan fingerprint density at radius 3 is 2.55 bits per heavy atom. The normalized spacial score (nSPS) is 23.3. The van der Waals surface area contributed by atoms with Crippen LogP contribution in [0.15, 0.2) is 36.4 Å². The summed E-state index contributed by atoms with van der Waals surface area (Å²) in [6.45, 7) is 0. The zero-order valence-electron chi connectivity index (χ0n) is 10.9. The Morgan fingerprint density at radius 1 is 0.950 bits per heavy atom. The van der Waals surface area contributed by atoms with Crippen molar-refractivity contribution in [2.24, 2.45) is 5.92 Å². The van der Waals surface area contributed by atoms with Crippen LogP contribution < -0.4 is 4.74 Å². The van der Waals surface area contributed by atoms with Crippen molar-refractivity contribution in [3.05, 3.63) is 63.1 Å². The van der Waals surface area contributed by atoms with Crippen molar-refractivity contribution in [1.29, 1.82) is 0 Å². The Morgan fingerprint density at radius 2 is 1.70 bits per heavy atom. The third kappa shape index (κ3) is 2.01. The number of hydrogen-bond acceptors (Lipinski definition) is 1. The van der Waals surface area contributed by atoms with Crippen LogP contribution in [0.1, 0.15) is 29.2 Å². The van der Waals surface area contributed by atoms with Crippen LogP contribution in [0.2, 0.25) is 10.0 Å². The van der Waals surface area contributed by atoms with Gasteiger partial charge in [-0.05, 0) is 66.3 Å². The van der Waals surface area contributed by atoms with Crippen molar-refractivity contribution in [1.82, 2.24) is 0 Å². The quantitative estimate of drug-likeness (QED) is 0.647. The lowest BCUT2D eigenvalue weighted by Gasteiger charge is -2.38. The van der Waals surface area contributed by atoms with Crippen LogP contribution in [-0.4, -0.2) is 0 Å². The Bertz CT molecular complexity index is 681. The third-order valence-corrected chi connectivity index (χ3v) is 4.85. The molecule has 0 saturated carbocycles. The Kier molecular flexibility index (Phi) is 2.94. The molecule has 2 aromatic carbocycles. The molecular formula is C17H14Cl2O. The Balaban J connectivity index is 1.76. The molecule has 102 valence electrons. The zero-order chi connectivity index (χ0) is 13.7. The molecule has 20 heavy (non-hydrogen) atoms. The molecule has 1 nitrogen and oxygen atoms in total. The van der Waals surface area contributed by atoms with E-state index in [0.717, 1.165) is 35.1 Å². The largest absolute Gasteiger partial charge is 0.485 e. The summed E-state index contributed by atoms with van der Waals surface area (Å²) in [6, 6.07) is 12.1. The van der Waals surface area contributed by atoms with E-state index in [2.05, 4.69) is 12.1 Å². The molecule has 0 radical (unpaired) electrons. The van der Waals surface area contributed by atoms with Gasteiger partial charge in [-0.1, -0.05) is 29.3 Å². The van der Waals surface area contributed by atoms with E-state index in [-0.39, 0.29) is 6.10 Å². The molecule has 0 N–H and O–H groups in total. The van der Waals surface area contributed by atoms with Gasteiger partial charge in [0.15, 0.2) is 0 Å². The molecule has 0 aromatic heterocycles. The van der Waals surface area contributed by atoms with Crippen molar-refractivity contribution in [2.45, 2.75) is 25.4 Å². The van der Waals surface area contributed by atoms with E-state index >= 15 is 0 Å². The van der Waals surface area contributed by atoms with Gasteiger partial charge in [0.2, 0.25) is 0 Å². The van der Waals surface area contributed by atoms with E-state index in [1.165, 1.54) is 16.7 Å². The first-order chi connectivity index (χ1) is 9.70. The van der Waals surface area contributed by atoms with Gasteiger partial charge in [0.25, 0.3) is 0 Å². The smallest absolute Gasteiger partial charge is 0.127 e. The maximum atomic E-state index is 6.26. The van der Waals surface area contributed by atoms with E-state index in [4.69, 9.17) is 27.9 Å². The molecule has 0 amide bonds. The second kappa shape index (κ2) is 4.68. The average Bonchev–Trinajstić information content (AvgIpc) is 2.44. The van der Waals surface area contributed by atoms with Crippen LogP contribution in [0.4, 0.5) is 0 Å². The minimum absolute atomic E-state index is 0.157. The maximum absolute atomic E-state index is 6.26. The third-order valence-electron chi connectivity index (χ3n) is 4.38. The fourth-order valence-corrected chi connectivity index (χ4v) is 3.81. The highest BCUT2D eigenvalue weighted by atomic mass is 35.5. The molecular weight excluding hydrogens is 291 g/mol. The van der Waals surface area contributed by atoms with Gasteiger partial charge < -0.3 is 4.74 Å². The highest BCUT2D eigenvalue weighted by Crippen LogP contribution is 2.45. The van der Waals surface area contributed by atoms with Gasteiger partial charge in [0.1, 0.15) is 11.9 Å². The van der Waals surface area contributed by atoms with E-state index < -0.39 is 0 Å². The molecule has 2 atom stereocenters. The summed E-state index contributed by atoms with van der Waals surface area (Å²) in [4.78, 5) is 0. The molecule has 2 aliphatic rings. The molecule has 0 saturated heterocycles. The number of hydrogen-bond donors (Lipinski definition) is 0. The molecule has 0 unspecified atom stereocenters. The summed E-state index contributed by atoms with van der Waals surface area (Å²) in [7, 11) is 0. The van der Waals surface area contributed by atoms with Crippen LogP contribution in [-0.2, 0) is 12.8 Å². The lowest BCUT2D eigenvalue weighted by molar-refractivity contribution is 0.0987. The number of ether oxygens (including phenoxy) is 1. The minimum atomic E-state index is 0.157. The van der Waals surface area contributed by atoms with E-state index in [9.17, 15) is 0 Å². The predicted molar refractivity (Wildman–Crippen MR) is 81.8 cm³/mol. The van der Waals surface area contributed by atoms with Crippen molar-refractivity contribution >= 4 is 23.2 Å². The molecule has 4 rings (SSSR count). The van der Waals surface area contributed by atoms with Crippen LogP contribution in [0, 0.1) is 5.92 Å². The monoisotopic (exact) mass is 304 g/mol. The summed E-state index contributed by atoms with van der Waals surface area (Å²) in [5.41, 5.74) is 3.86. The molecule has 1 aliphatic heterocycles. The number of aryl methyl sites for hydroxylation is 1. The van der Waals surface area contributed by atoms with Crippen molar-refractivity contribution in [2.75, 3.05) is 0 Å². The number of benzene rings is 2. The maximum Gasteiger partial charge on any atom is 0.127 e. The lowest BCUT2D eigenvalue weighted by Crippen LogP contribution is -2.30. The number of halogens is 2. The average molecular weight is 305 g/mol. The van der Waals surface area contributed by atoms with E-state index in [1.54, 1.807) is 0 Å². The van der Waals surface area contributed by atoms with Crippen molar-refractivity contribution in [3.8, 4) is 5.75 Å². The standard InChI is InChI=1S/C17H14Cl2O/c18-13-3-5-15-10(8-13)1-2-11-7-12-9-14(19)4-6-16(12)20-17(11)15/h3-6,8-9,11,17H,1-2,7H2/t11-,17+/m1/s1. The van der Waals surface area contributed by atoms with Gasteiger partial charge in [-0.15, -0.1) is 0 Å². The summed E-state index contributed by atoms with van der Waals surface area (Å²) in [5, 5.41) is 1.60. The lowest BCUT2D eigenvalue weighted by atomic mass is 9.77. The highest BCUT2D eigenvalue weighted by molar-refractivity contribution is 6.31. The topological polar surface area (TPSA) is 9.23 Å². The van der Waals surface area contributed by atoms with Gasteiger partial charge >= 0.3 is 0 Å². The SMILES string of the molecule is Clc1ccc2c(c1)C[C@H]1CCc3cc(Cl)ccc3[C@H]1O2. The summed E-state index contributed by atoms with van der Waals surface area (Å²) >= 11 is 12.2. The van der Waals surface area contributed by atoms with Crippen LogP contribution >= 0.6 is 23.2 Å². The van der Waals surface area contributed by atoms with Gasteiger partial charge in [-0.25, -0.2) is 0 Å². The first-order valence-corrected chi connectivity index (χ1v) is 7.70. The summed E-state index contributed by atoms with van der Waals surface area (Å²) in [5.74, 6) is 1.51. The second-order valence-corrected chi connectivity index (χ2v) is 6.51. The van der Waals surface area contributed by atoms with Crippen LogP contribution in [0.5, 0.6) is 5.75 Å². The van der Waals surface area contributed by atoms with Crippen molar-refractivity contribution in [3.63, 3.8) is 0 Å².